The number of carboxylic acid groups (broad SMARTS) is 1. The zero-order valence-electron chi connectivity index (χ0n) is 13.3. The van der Waals surface area contributed by atoms with E-state index in [2.05, 4.69) is 0 Å². The van der Waals surface area contributed by atoms with Crippen molar-refractivity contribution in [1.82, 2.24) is 0 Å². The minimum atomic E-state index is -1.75. The van der Waals surface area contributed by atoms with Crippen molar-refractivity contribution in [2.75, 3.05) is 6.61 Å². The summed E-state index contributed by atoms with van der Waals surface area (Å²) >= 11 is 0. The van der Waals surface area contributed by atoms with Crippen LogP contribution in [0.3, 0.4) is 0 Å². The average molecular weight is 380 g/mol. The zero-order chi connectivity index (χ0) is 17.9. The van der Waals surface area contributed by atoms with Gasteiger partial charge in [-0.25, -0.2) is 0 Å². The summed E-state index contributed by atoms with van der Waals surface area (Å²) in [6, 6.07) is 5.48. The first-order chi connectivity index (χ1) is 11.3. The van der Waals surface area contributed by atoms with Gasteiger partial charge in [0.1, 0.15) is 41.9 Å². The van der Waals surface area contributed by atoms with Crippen LogP contribution in [0.15, 0.2) is 30.0 Å². The number of phenols is 1. The molecule has 0 amide bonds. The molecule has 1 aliphatic heterocycles. The molecule has 1 aromatic rings. The van der Waals surface area contributed by atoms with Crippen LogP contribution in [0.1, 0.15) is 5.56 Å². The Morgan fingerprint density at radius 2 is 1.76 bits per heavy atom. The maximum atomic E-state index is 11.2. The average Bonchev–Trinajstić information content (AvgIpc) is 2.56. The first kappa shape index (κ1) is 22.5. The molecule has 0 spiro atoms. The van der Waals surface area contributed by atoms with Crippen LogP contribution in [0.5, 0.6) is 5.75 Å². The number of aromatic hydroxyl groups is 1. The maximum Gasteiger partial charge on any atom is 1.00 e. The van der Waals surface area contributed by atoms with E-state index in [0.717, 1.165) is 6.08 Å². The standard InChI is InChI=1S/C15H18O9.K/c16-6-10-11(18)12(19)13(20)15(24-10)23-9(14(21)22)5-7-1-3-8(17)4-2-7;/h1-5,10-13,15-20H,6H2,(H,21,22);/q;+1/p-1/b9-5-;/t10-,11-,12+,13-,15-;/m1./s1. The molecule has 1 fully saturated rings. The van der Waals surface area contributed by atoms with Gasteiger partial charge in [0.15, 0.2) is 0 Å². The van der Waals surface area contributed by atoms with Crippen LogP contribution in [0.2, 0.25) is 0 Å². The van der Waals surface area contributed by atoms with Crippen LogP contribution >= 0.6 is 0 Å². The van der Waals surface area contributed by atoms with E-state index in [1.807, 2.05) is 0 Å². The van der Waals surface area contributed by atoms with Crippen LogP contribution in [-0.4, -0.2) is 68.8 Å². The number of carboxylic acids is 1. The van der Waals surface area contributed by atoms with Crippen LogP contribution in [0, 0.1) is 0 Å². The molecule has 5 atom stereocenters. The quantitative estimate of drug-likeness (QED) is 0.191. The van der Waals surface area contributed by atoms with Gasteiger partial charge in [0, 0.05) is 0 Å². The number of aliphatic hydroxyl groups is 4. The molecule has 1 aliphatic rings. The maximum absolute atomic E-state index is 11.2. The van der Waals surface area contributed by atoms with Crippen molar-refractivity contribution in [3.8, 4) is 5.75 Å². The molecule has 10 heteroatoms. The Morgan fingerprint density at radius 3 is 2.28 bits per heavy atom. The topological polar surface area (TPSA) is 160 Å². The van der Waals surface area contributed by atoms with E-state index in [9.17, 15) is 30.3 Å². The summed E-state index contributed by atoms with van der Waals surface area (Å²) in [5.41, 5.74) is 0.358. The first-order valence-electron chi connectivity index (χ1n) is 7.02. The summed E-state index contributed by atoms with van der Waals surface area (Å²) in [4.78, 5) is 11.2. The number of aliphatic carboxylic acids is 1. The van der Waals surface area contributed by atoms with E-state index in [4.69, 9.17) is 14.6 Å². The molecule has 0 radical (unpaired) electrons. The van der Waals surface area contributed by atoms with Crippen molar-refractivity contribution >= 4 is 12.0 Å². The molecule has 2 rings (SSSR count). The van der Waals surface area contributed by atoms with Gasteiger partial charge >= 0.3 is 51.4 Å². The normalized spacial score (nSPS) is 29.6. The second kappa shape index (κ2) is 9.97. The molecule has 132 valence electrons. The minimum absolute atomic E-state index is 0. The number of phenolic OH excluding ortho intramolecular Hbond substituents is 1. The van der Waals surface area contributed by atoms with Crippen LogP contribution in [0.25, 0.3) is 6.08 Å². The molecule has 1 aromatic carbocycles. The van der Waals surface area contributed by atoms with Gasteiger partial charge in [0.25, 0.3) is 0 Å². The fourth-order valence-corrected chi connectivity index (χ4v) is 2.15. The van der Waals surface area contributed by atoms with Gasteiger partial charge in [-0.15, -0.1) is 0 Å². The first-order valence-corrected chi connectivity index (χ1v) is 7.02. The van der Waals surface area contributed by atoms with Crippen LogP contribution < -0.4 is 56.5 Å². The van der Waals surface area contributed by atoms with E-state index < -0.39 is 49.0 Å². The largest absolute Gasteiger partial charge is 1.00 e. The van der Waals surface area contributed by atoms with Crippen molar-refractivity contribution in [2.24, 2.45) is 0 Å². The predicted octanol–water partition coefficient (Wildman–Crippen LogP) is -5.70. The molecule has 1 saturated heterocycles. The summed E-state index contributed by atoms with van der Waals surface area (Å²) < 4.78 is 10.1. The number of carbonyl (C=O) groups is 1. The Balaban J connectivity index is 0.00000312. The summed E-state index contributed by atoms with van der Waals surface area (Å²) in [6.07, 6.45) is -6.83. The van der Waals surface area contributed by atoms with Crippen molar-refractivity contribution in [2.45, 2.75) is 30.7 Å². The van der Waals surface area contributed by atoms with Gasteiger partial charge in [0.05, 0.1) is 6.61 Å². The van der Waals surface area contributed by atoms with Gasteiger partial charge in [-0.2, -0.15) is 0 Å². The summed E-state index contributed by atoms with van der Waals surface area (Å²) in [5, 5.41) is 58.6. The number of rotatable bonds is 5. The van der Waals surface area contributed by atoms with E-state index >= 15 is 0 Å². The molecule has 9 nitrogen and oxygen atoms in total. The third kappa shape index (κ3) is 5.72. The second-order valence-corrected chi connectivity index (χ2v) is 5.20. The number of hydrogen-bond acceptors (Lipinski definition) is 9. The van der Waals surface area contributed by atoms with Crippen molar-refractivity contribution in [3.05, 3.63) is 35.6 Å². The third-order valence-electron chi connectivity index (χ3n) is 3.48. The van der Waals surface area contributed by atoms with Gasteiger partial charge < -0.3 is 44.9 Å². The predicted molar refractivity (Wildman–Crippen MR) is 75.9 cm³/mol. The molecule has 0 aromatic heterocycles. The van der Waals surface area contributed by atoms with Crippen molar-refractivity contribution < 1.29 is 96.3 Å². The SMILES string of the molecule is O=C([O-])/C(=C/c1ccc(O)cc1)O[C@@H]1O[C@H](CO)[C@@H](O)[C@H](O)[C@H]1O.[K+]. The van der Waals surface area contributed by atoms with Crippen molar-refractivity contribution in [3.63, 3.8) is 0 Å². The fraction of sp³-hybridized carbons (Fsp3) is 0.400. The van der Waals surface area contributed by atoms with Crippen LogP contribution in [0.4, 0.5) is 0 Å². The molecule has 1 heterocycles. The van der Waals surface area contributed by atoms with Crippen molar-refractivity contribution in [1.29, 1.82) is 0 Å². The molecule has 0 bridgehead atoms. The number of ether oxygens (including phenoxy) is 2. The van der Waals surface area contributed by atoms with Crippen LogP contribution in [-0.2, 0) is 14.3 Å². The number of aliphatic hydroxyl groups excluding tert-OH is 4. The van der Waals surface area contributed by atoms with E-state index in [0.29, 0.717) is 5.56 Å². The number of hydrogen-bond donors (Lipinski definition) is 5. The molecule has 5 N–H and O–H groups in total. The Bertz CT molecular complexity index is 602. The molecule has 0 aliphatic carbocycles. The number of benzene rings is 1. The molecule has 25 heavy (non-hydrogen) atoms. The molecular formula is C15H17KO9. The summed E-state index contributed by atoms with van der Waals surface area (Å²) in [5.74, 6) is -2.43. The number of carbonyl (C=O) groups excluding carboxylic acids is 1. The Hall–Kier alpha value is -0.534. The molecule has 0 unspecified atom stereocenters. The smallest absolute Gasteiger partial charge is 0.542 e. The zero-order valence-corrected chi connectivity index (χ0v) is 16.5. The summed E-state index contributed by atoms with van der Waals surface area (Å²) in [6.45, 7) is -0.673. The fourth-order valence-electron chi connectivity index (χ4n) is 2.15. The second-order valence-electron chi connectivity index (χ2n) is 5.20. The van der Waals surface area contributed by atoms with Gasteiger partial charge in [-0.1, -0.05) is 12.1 Å². The van der Waals surface area contributed by atoms with Gasteiger partial charge in [-0.3, -0.25) is 0 Å². The molecular weight excluding hydrogens is 363 g/mol. The Labute approximate surface area is 185 Å². The minimum Gasteiger partial charge on any atom is -0.542 e. The Morgan fingerprint density at radius 1 is 1.16 bits per heavy atom. The van der Waals surface area contributed by atoms with E-state index in [1.165, 1.54) is 24.3 Å². The van der Waals surface area contributed by atoms with Gasteiger partial charge in [-0.05, 0) is 23.8 Å². The third-order valence-corrected chi connectivity index (χ3v) is 3.48. The Kier molecular flexibility index (Phi) is 8.98. The summed E-state index contributed by atoms with van der Waals surface area (Å²) in [7, 11) is 0. The van der Waals surface area contributed by atoms with E-state index in [1.54, 1.807) is 0 Å². The van der Waals surface area contributed by atoms with E-state index in [-0.39, 0.29) is 57.1 Å². The molecule has 0 saturated carbocycles. The van der Waals surface area contributed by atoms with Gasteiger partial charge in [0.2, 0.25) is 6.29 Å². The monoisotopic (exact) mass is 380 g/mol.